The Morgan fingerprint density at radius 2 is 1.85 bits per heavy atom. The zero-order valence-corrected chi connectivity index (χ0v) is 15.8. The number of amides is 1. The highest BCUT2D eigenvalue weighted by atomic mass is 32.1. The lowest BCUT2D eigenvalue weighted by Crippen LogP contribution is -2.34. The van der Waals surface area contributed by atoms with Crippen LogP contribution >= 0.6 is 11.3 Å². The summed E-state index contributed by atoms with van der Waals surface area (Å²) in [7, 11) is 5.10. The van der Waals surface area contributed by atoms with Crippen LogP contribution in [0.2, 0.25) is 0 Å². The molecule has 136 valence electrons. The largest absolute Gasteiger partial charge is 0.496 e. The van der Waals surface area contributed by atoms with E-state index in [-0.39, 0.29) is 12.5 Å². The number of benzene rings is 2. The third-order valence-corrected chi connectivity index (χ3v) is 5.10. The Hall–Kier alpha value is -2.80. The number of fused-ring (bicyclic) bond motifs is 1. The molecule has 0 aliphatic heterocycles. The molecule has 0 aliphatic rings. The number of carbonyl (C=O) groups excluding carboxylic acids is 1. The minimum Gasteiger partial charge on any atom is -0.496 e. The van der Waals surface area contributed by atoms with Gasteiger partial charge < -0.3 is 19.7 Å². The molecule has 2 aromatic carbocycles. The summed E-state index contributed by atoms with van der Waals surface area (Å²) in [6.07, 6.45) is 0. The highest BCUT2D eigenvalue weighted by Crippen LogP contribution is 2.33. The Morgan fingerprint density at radius 1 is 1.12 bits per heavy atom. The van der Waals surface area contributed by atoms with Crippen molar-refractivity contribution in [1.29, 1.82) is 0 Å². The normalized spacial score (nSPS) is 10.6. The molecule has 0 aliphatic carbocycles. The lowest BCUT2D eigenvalue weighted by molar-refractivity contribution is -0.119. The molecule has 26 heavy (non-hydrogen) atoms. The van der Waals surface area contributed by atoms with E-state index in [1.54, 1.807) is 14.2 Å². The number of nitrogens with one attached hydrogen (secondary N) is 1. The fourth-order valence-electron chi connectivity index (χ4n) is 2.62. The minimum atomic E-state index is -0.0790. The van der Waals surface area contributed by atoms with Crippen LogP contribution in [0.25, 0.3) is 10.2 Å². The highest BCUT2D eigenvalue weighted by molar-refractivity contribution is 7.22. The van der Waals surface area contributed by atoms with Crippen molar-refractivity contribution in [2.45, 2.75) is 6.54 Å². The van der Waals surface area contributed by atoms with Crippen LogP contribution in [-0.2, 0) is 11.3 Å². The van der Waals surface area contributed by atoms with Crippen molar-refractivity contribution >= 4 is 32.6 Å². The lowest BCUT2D eigenvalue weighted by atomic mass is 10.2. The van der Waals surface area contributed by atoms with Gasteiger partial charge in [-0.2, -0.15) is 0 Å². The molecule has 0 spiro atoms. The van der Waals surface area contributed by atoms with Crippen LogP contribution in [0.4, 0.5) is 5.13 Å². The van der Waals surface area contributed by atoms with Gasteiger partial charge in [-0.25, -0.2) is 4.98 Å². The zero-order valence-electron chi connectivity index (χ0n) is 15.0. The van der Waals surface area contributed by atoms with Gasteiger partial charge in [-0.15, -0.1) is 0 Å². The van der Waals surface area contributed by atoms with Crippen molar-refractivity contribution in [3.63, 3.8) is 0 Å². The number of para-hydroxylation sites is 2. The second-order valence-electron chi connectivity index (χ2n) is 5.75. The Balaban J connectivity index is 1.64. The molecule has 6 nitrogen and oxygen atoms in total. The summed E-state index contributed by atoms with van der Waals surface area (Å²) in [5.41, 5.74) is 1.76. The van der Waals surface area contributed by atoms with Crippen molar-refractivity contribution in [3.8, 4) is 11.5 Å². The standard InChI is InChI=1S/C19H21N3O3S/c1-22(19-21-18-15(25-3)9-6-10-16(18)26-19)12-17(23)20-11-13-7-4-5-8-14(13)24-2/h4-10H,11-12H2,1-3H3,(H,20,23). The average Bonchev–Trinajstić information content (AvgIpc) is 3.11. The molecule has 3 rings (SSSR count). The molecule has 1 amide bonds. The number of methoxy groups -OCH3 is 2. The topological polar surface area (TPSA) is 63.7 Å². The van der Waals surface area contributed by atoms with Gasteiger partial charge in [-0.05, 0) is 18.2 Å². The number of hydrogen-bond acceptors (Lipinski definition) is 6. The molecular formula is C19H21N3O3S. The smallest absolute Gasteiger partial charge is 0.239 e. The zero-order chi connectivity index (χ0) is 18.5. The van der Waals surface area contributed by atoms with Crippen LogP contribution in [-0.4, -0.2) is 38.7 Å². The molecule has 7 heteroatoms. The first-order valence-corrected chi connectivity index (χ1v) is 8.97. The maximum atomic E-state index is 12.3. The third kappa shape index (κ3) is 3.88. The number of ether oxygens (including phenoxy) is 2. The Bertz CT molecular complexity index is 910. The fraction of sp³-hybridized carbons (Fsp3) is 0.263. The van der Waals surface area contributed by atoms with E-state index in [4.69, 9.17) is 9.47 Å². The van der Waals surface area contributed by atoms with Crippen molar-refractivity contribution in [1.82, 2.24) is 10.3 Å². The van der Waals surface area contributed by atoms with Gasteiger partial charge in [0.15, 0.2) is 5.13 Å². The summed E-state index contributed by atoms with van der Waals surface area (Å²) >= 11 is 1.53. The van der Waals surface area contributed by atoms with Crippen LogP contribution < -0.4 is 19.7 Å². The monoisotopic (exact) mass is 371 g/mol. The minimum absolute atomic E-state index is 0.0790. The van der Waals surface area contributed by atoms with Crippen LogP contribution in [0.15, 0.2) is 42.5 Å². The first kappa shape index (κ1) is 18.0. The maximum Gasteiger partial charge on any atom is 0.239 e. The number of rotatable bonds is 7. The number of carbonyl (C=O) groups is 1. The number of thiazole rings is 1. The third-order valence-electron chi connectivity index (χ3n) is 3.97. The number of nitrogens with zero attached hydrogens (tertiary/aromatic N) is 2. The molecule has 3 aromatic rings. The van der Waals surface area contributed by atoms with E-state index < -0.39 is 0 Å². The van der Waals surface area contributed by atoms with Gasteiger partial charge in [0.2, 0.25) is 5.91 Å². The Morgan fingerprint density at radius 3 is 2.62 bits per heavy atom. The molecule has 0 radical (unpaired) electrons. The second-order valence-corrected chi connectivity index (χ2v) is 6.76. The van der Waals surface area contributed by atoms with E-state index >= 15 is 0 Å². The van der Waals surface area contributed by atoms with E-state index in [1.165, 1.54) is 11.3 Å². The Labute approximate surface area is 156 Å². The molecule has 1 heterocycles. The van der Waals surface area contributed by atoms with Gasteiger partial charge in [0.1, 0.15) is 17.0 Å². The van der Waals surface area contributed by atoms with E-state index in [9.17, 15) is 4.79 Å². The molecular weight excluding hydrogens is 350 g/mol. The molecule has 0 unspecified atom stereocenters. The number of likely N-dealkylation sites (N-methyl/N-ethyl adjacent to an activating group) is 1. The van der Waals surface area contributed by atoms with E-state index in [0.29, 0.717) is 6.54 Å². The molecule has 0 atom stereocenters. The van der Waals surface area contributed by atoms with Gasteiger partial charge in [0.25, 0.3) is 0 Å². The molecule has 1 aromatic heterocycles. The van der Waals surface area contributed by atoms with E-state index in [1.807, 2.05) is 54.4 Å². The summed E-state index contributed by atoms with van der Waals surface area (Å²) in [4.78, 5) is 18.7. The van der Waals surface area contributed by atoms with Crippen molar-refractivity contribution < 1.29 is 14.3 Å². The van der Waals surface area contributed by atoms with E-state index in [0.717, 1.165) is 32.4 Å². The van der Waals surface area contributed by atoms with Gasteiger partial charge in [0, 0.05) is 19.2 Å². The summed E-state index contributed by atoms with van der Waals surface area (Å²) < 4.78 is 11.7. The molecule has 0 fully saturated rings. The van der Waals surface area contributed by atoms with Gasteiger partial charge in [0.05, 0.1) is 25.5 Å². The number of anilines is 1. The quantitative estimate of drug-likeness (QED) is 0.692. The molecule has 0 saturated heterocycles. The lowest BCUT2D eigenvalue weighted by Gasteiger charge is -2.15. The van der Waals surface area contributed by atoms with Crippen molar-refractivity contribution in [3.05, 3.63) is 48.0 Å². The SMILES string of the molecule is COc1ccccc1CNC(=O)CN(C)c1nc2c(OC)cccc2s1. The summed E-state index contributed by atoms with van der Waals surface area (Å²) in [6.45, 7) is 0.641. The molecule has 0 saturated carbocycles. The van der Waals surface area contributed by atoms with Crippen LogP contribution in [0.3, 0.4) is 0 Å². The van der Waals surface area contributed by atoms with Crippen LogP contribution in [0.1, 0.15) is 5.56 Å². The predicted octanol–water partition coefficient (Wildman–Crippen LogP) is 3.07. The van der Waals surface area contributed by atoms with Crippen molar-refractivity contribution in [2.75, 3.05) is 32.7 Å². The van der Waals surface area contributed by atoms with Crippen molar-refractivity contribution in [2.24, 2.45) is 0 Å². The highest BCUT2D eigenvalue weighted by Gasteiger charge is 2.14. The number of aromatic nitrogens is 1. The van der Waals surface area contributed by atoms with Gasteiger partial charge >= 0.3 is 0 Å². The summed E-state index contributed by atoms with van der Waals surface area (Å²) in [6, 6.07) is 13.4. The summed E-state index contributed by atoms with van der Waals surface area (Å²) in [5, 5.41) is 3.70. The first-order chi connectivity index (χ1) is 12.6. The van der Waals surface area contributed by atoms with E-state index in [2.05, 4.69) is 10.3 Å². The molecule has 1 N–H and O–H groups in total. The fourth-order valence-corrected chi connectivity index (χ4v) is 3.56. The number of hydrogen-bond donors (Lipinski definition) is 1. The summed E-state index contributed by atoms with van der Waals surface area (Å²) in [5.74, 6) is 1.42. The van der Waals surface area contributed by atoms with Crippen LogP contribution in [0, 0.1) is 0 Å². The van der Waals surface area contributed by atoms with Gasteiger partial charge in [-0.1, -0.05) is 35.6 Å². The molecule has 0 bridgehead atoms. The van der Waals surface area contributed by atoms with Gasteiger partial charge in [-0.3, -0.25) is 4.79 Å². The average molecular weight is 371 g/mol. The maximum absolute atomic E-state index is 12.3. The Kier molecular flexibility index (Phi) is 5.58. The first-order valence-electron chi connectivity index (χ1n) is 8.15. The predicted molar refractivity (Wildman–Crippen MR) is 104 cm³/mol. The second kappa shape index (κ2) is 8.05. The van der Waals surface area contributed by atoms with Crippen LogP contribution in [0.5, 0.6) is 11.5 Å².